The lowest BCUT2D eigenvalue weighted by atomic mass is 11.0. The number of halogens is 3. The van der Waals surface area contributed by atoms with E-state index in [0.29, 0.717) is 0 Å². The van der Waals surface area contributed by atoms with Crippen molar-refractivity contribution in [2.45, 2.75) is 20.8 Å². The molecule has 0 aromatic heterocycles. The van der Waals surface area contributed by atoms with Crippen LogP contribution in [0.25, 0.3) is 0 Å². The van der Waals surface area contributed by atoms with Crippen molar-refractivity contribution in [3.05, 3.63) is 0 Å². The van der Waals surface area contributed by atoms with E-state index in [0.717, 1.165) is 0 Å². The van der Waals surface area contributed by atoms with Crippen LogP contribution in [0, 0.1) is 0 Å². The Morgan fingerprint density at radius 2 is 0.867 bits per heavy atom. The van der Waals surface area contributed by atoms with E-state index >= 15 is 0 Å². The molecule has 0 N–H and O–H groups in total. The molecule has 0 atom stereocenters. The fraction of sp³-hybridized carbons (Fsp3) is 1.00. The second-order valence-corrected chi connectivity index (χ2v) is 11.0. The van der Waals surface area contributed by atoms with Crippen LogP contribution in [0.3, 0.4) is 0 Å². The van der Waals surface area contributed by atoms with Crippen LogP contribution in [0.15, 0.2) is 13.5 Å². The molecule has 1 aliphatic rings. The molecule has 1 rings (SSSR count). The quantitative estimate of drug-likeness (QED) is 0.563. The monoisotopic (exact) mass is 279 g/mol. The van der Waals surface area contributed by atoms with E-state index in [1.165, 1.54) is 20.8 Å². The van der Waals surface area contributed by atoms with Crippen LogP contribution in [0.5, 0.6) is 0 Å². The zero-order valence-corrected chi connectivity index (χ0v) is 11.6. The van der Waals surface area contributed by atoms with Gasteiger partial charge in [0.05, 0.1) is 0 Å². The van der Waals surface area contributed by atoms with Crippen LogP contribution < -0.4 is 0 Å². The Balaban J connectivity index is 3.46. The summed E-state index contributed by atoms with van der Waals surface area (Å²) in [7, 11) is -10.8. The smallest absolute Gasteiger partial charge is 0.183 e. The summed E-state index contributed by atoms with van der Waals surface area (Å²) in [4.78, 5) is 0. The fourth-order valence-electron chi connectivity index (χ4n) is 1.06. The van der Waals surface area contributed by atoms with Crippen molar-refractivity contribution in [3.63, 3.8) is 0 Å². The maximum atomic E-state index is 14.0. The van der Waals surface area contributed by atoms with Gasteiger partial charge in [-0.3, -0.25) is 0 Å². The predicted molar refractivity (Wildman–Crippen MR) is 63.0 cm³/mol. The lowest BCUT2D eigenvalue weighted by Crippen LogP contribution is -1.86. The van der Waals surface area contributed by atoms with Crippen molar-refractivity contribution < 1.29 is 12.6 Å². The third kappa shape index (κ3) is 2.99. The second-order valence-electron chi connectivity index (χ2n) is 3.15. The SMILES string of the molecule is CCP1(F)=NP(F)(CC)=NP(F)(CC)=N1. The first-order valence-electron chi connectivity index (χ1n) is 4.78. The van der Waals surface area contributed by atoms with Crippen LogP contribution in [-0.4, -0.2) is 18.5 Å². The average Bonchev–Trinajstić information content (AvgIpc) is 2.16. The van der Waals surface area contributed by atoms with Gasteiger partial charge in [0, 0.05) is 18.5 Å². The summed E-state index contributed by atoms with van der Waals surface area (Å²) < 4.78 is 52.3. The van der Waals surface area contributed by atoms with Gasteiger partial charge in [0.2, 0.25) is 22.5 Å². The molecule has 90 valence electrons. The Morgan fingerprint density at radius 3 is 1.00 bits per heavy atom. The standard InChI is InChI=1S/C6H15F3N3P3/c1-4-13(7)10-14(8,5-2)12-15(9,6-3)11-13/h4-6H2,1-3H3. The zero-order chi connectivity index (χ0) is 11.7. The Bertz CT molecular complexity index is 339. The minimum atomic E-state index is -3.62. The lowest BCUT2D eigenvalue weighted by Gasteiger charge is -2.22. The molecule has 0 aromatic carbocycles. The largest absolute Gasteiger partial charge is 0.248 e. The number of hydrogen-bond acceptors (Lipinski definition) is 3. The van der Waals surface area contributed by atoms with E-state index in [1.807, 2.05) is 0 Å². The summed E-state index contributed by atoms with van der Waals surface area (Å²) in [5.74, 6) is 0. The van der Waals surface area contributed by atoms with Crippen molar-refractivity contribution in [1.82, 2.24) is 0 Å². The van der Waals surface area contributed by atoms with Crippen LogP contribution in [0.1, 0.15) is 20.8 Å². The van der Waals surface area contributed by atoms with Crippen molar-refractivity contribution in [3.8, 4) is 0 Å². The molecular weight excluding hydrogens is 264 g/mol. The van der Waals surface area contributed by atoms with Gasteiger partial charge in [0.1, 0.15) is 0 Å². The normalized spacial score (nSPS) is 45.2. The number of nitrogens with zero attached hydrogens (tertiary/aromatic N) is 3. The van der Waals surface area contributed by atoms with Gasteiger partial charge in [0.15, 0.2) is 0 Å². The van der Waals surface area contributed by atoms with Gasteiger partial charge in [-0.05, 0) is 0 Å². The van der Waals surface area contributed by atoms with Crippen LogP contribution in [0.2, 0.25) is 0 Å². The minimum Gasteiger partial charge on any atom is -0.183 e. The summed E-state index contributed by atoms with van der Waals surface area (Å²) >= 11 is 0. The van der Waals surface area contributed by atoms with E-state index in [4.69, 9.17) is 0 Å². The molecule has 0 saturated carbocycles. The average molecular weight is 279 g/mol. The Hall–Kier alpha value is 0.480. The third-order valence-corrected chi connectivity index (χ3v) is 11.0. The molecule has 0 radical (unpaired) electrons. The molecule has 3 nitrogen and oxygen atoms in total. The third-order valence-electron chi connectivity index (χ3n) is 2.03. The van der Waals surface area contributed by atoms with Crippen LogP contribution in [-0.2, 0) is 0 Å². The van der Waals surface area contributed by atoms with Crippen molar-refractivity contribution in [2.75, 3.05) is 18.5 Å². The van der Waals surface area contributed by atoms with Gasteiger partial charge >= 0.3 is 0 Å². The molecule has 0 saturated heterocycles. The maximum Gasteiger partial charge on any atom is 0.248 e. The van der Waals surface area contributed by atoms with Crippen molar-refractivity contribution >= 4 is 22.5 Å². The highest BCUT2D eigenvalue weighted by Gasteiger charge is 2.34. The molecule has 0 unspecified atom stereocenters. The molecule has 0 fully saturated rings. The van der Waals surface area contributed by atoms with Crippen molar-refractivity contribution in [1.29, 1.82) is 0 Å². The van der Waals surface area contributed by atoms with E-state index in [9.17, 15) is 12.6 Å². The maximum absolute atomic E-state index is 14.0. The van der Waals surface area contributed by atoms with Gasteiger partial charge < -0.3 is 0 Å². The van der Waals surface area contributed by atoms with Crippen LogP contribution in [0.4, 0.5) is 12.6 Å². The second kappa shape index (κ2) is 4.39. The van der Waals surface area contributed by atoms with Crippen LogP contribution >= 0.6 is 22.5 Å². The number of rotatable bonds is 3. The van der Waals surface area contributed by atoms with Gasteiger partial charge in [-0.15, -0.1) is 0 Å². The van der Waals surface area contributed by atoms with E-state index in [2.05, 4.69) is 13.5 Å². The highest BCUT2D eigenvalue weighted by Crippen LogP contribution is 2.79. The van der Waals surface area contributed by atoms with Gasteiger partial charge in [-0.1, -0.05) is 20.8 Å². The predicted octanol–water partition coefficient (Wildman–Crippen LogP) is 6.06. The molecule has 1 aliphatic heterocycles. The Labute approximate surface area is 88.6 Å². The van der Waals surface area contributed by atoms with Crippen molar-refractivity contribution in [2.24, 2.45) is 13.5 Å². The highest BCUT2D eigenvalue weighted by molar-refractivity contribution is 7.82. The number of hydrogen-bond donors (Lipinski definition) is 0. The molecule has 1 heterocycles. The first-order chi connectivity index (χ1) is 6.80. The Kier molecular flexibility index (Phi) is 3.96. The zero-order valence-electron chi connectivity index (χ0n) is 8.94. The highest BCUT2D eigenvalue weighted by atomic mass is 31.3. The summed E-state index contributed by atoms with van der Waals surface area (Å²) in [5.41, 5.74) is 0. The van der Waals surface area contributed by atoms with E-state index in [-0.39, 0.29) is 18.5 Å². The summed E-state index contributed by atoms with van der Waals surface area (Å²) in [6.45, 7) is 4.56. The van der Waals surface area contributed by atoms with Gasteiger partial charge in [-0.25, -0.2) is 0 Å². The molecular formula is C6H15F3N3P3. The first-order valence-corrected chi connectivity index (χ1v) is 10.1. The summed E-state index contributed by atoms with van der Waals surface area (Å²) in [6, 6.07) is 0. The molecule has 0 spiro atoms. The topological polar surface area (TPSA) is 37.1 Å². The fourth-order valence-corrected chi connectivity index (χ4v) is 10.5. The molecule has 0 bridgehead atoms. The van der Waals surface area contributed by atoms with Gasteiger partial charge in [-0.2, -0.15) is 26.1 Å². The van der Waals surface area contributed by atoms with E-state index in [1.54, 1.807) is 0 Å². The molecule has 0 amide bonds. The molecule has 15 heavy (non-hydrogen) atoms. The lowest BCUT2D eigenvalue weighted by molar-refractivity contribution is 0.827. The first kappa shape index (κ1) is 13.5. The van der Waals surface area contributed by atoms with E-state index < -0.39 is 22.5 Å². The molecule has 0 aromatic rings. The summed E-state index contributed by atoms with van der Waals surface area (Å²) in [6.07, 6.45) is -0.0838. The summed E-state index contributed by atoms with van der Waals surface area (Å²) in [5, 5.41) is 0. The van der Waals surface area contributed by atoms with Gasteiger partial charge in [0.25, 0.3) is 0 Å². The molecule has 9 heteroatoms. The minimum absolute atomic E-state index is 0.0279. The molecule has 0 aliphatic carbocycles. The Morgan fingerprint density at radius 1 is 0.667 bits per heavy atom.